The molecule has 0 saturated carbocycles. The summed E-state index contributed by atoms with van der Waals surface area (Å²) in [5.41, 5.74) is 3.16. The van der Waals surface area contributed by atoms with E-state index in [2.05, 4.69) is 15.3 Å². The van der Waals surface area contributed by atoms with Gasteiger partial charge in [0.15, 0.2) is 0 Å². The van der Waals surface area contributed by atoms with Crippen LogP contribution in [0.1, 0.15) is 18.4 Å². The number of aromatic nitrogens is 2. The third kappa shape index (κ3) is 6.58. The molecule has 0 spiro atoms. The van der Waals surface area contributed by atoms with Crippen molar-refractivity contribution < 1.29 is 28.7 Å². The monoisotopic (exact) mass is 476 g/mol. The SMILES string of the molecule is COCCOc1cc2ncnc(Nc3ccc(F)c(Cl)c3)c2cc1CC(=O)CCC(=O)NO. The third-order valence-corrected chi connectivity index (χ3v) is 4.98. The Bertz CT molecular complexity index is 1160. The van der Waals surface area contributed by atoms with E-state index in [4.69, 9.17) is 26.3 Å². The van der Waals surface area contributed by atoms with Gasteiger partial charge < -0.3 is 14.8 Å². The molecule has 1 heterocycles. The Balaban J connectivity index is 1.94. The second kappa shape index (κ2) is 11.5. The van der Waals surface area contributed by atoms with Gasteiger partial charge in [-0.25, -0.2) is 19.8 Å². The number of hydrogen-bond donors (Lipinski definition) is 3. The summed E-state index contributed by atoms with van der Waals surface area (Å²) in [6.45, 7) is 0.615. The number of benzene rings is 2. The van der Waals surface area contributed by atoms with Gasteiger partial charge in [0.2, 0.25) is 5.91 Å². The molecule has 0 bridgehead atoms. The fourth-order valence-corrected chi connectivity index (χ4v) is 3.24. The zero-order valence-electron chi connectivity index (χ0n) is 17.7. The van der Waals surface area contributed by atoms with Crippen LogP contribution in [0.15, 0.2) is 36.7 Å². The summed E-state index contributed by atoms with van der Waals surface area (Å²) in [4.78, 5) is 32.2. The van der Waals surface area contributed by atoms with Crippen molar-refractivity contribution in [2.75, 3.05) is 25.6 Å². The molecule has 1 amide bonds. The van der Waals surface area contributed by atoms with E-state index < -0.39 is 11.7 Å². The van der Waals surface area contributed by atoms with Gasteiger partial charge in [0.25, 0.3) is 0 Å². The van der Waals surface area contributed by atoms with E-state index in [1.807, 2.05) is 0 Å². The molecule has 0 atom stereocenters. The average molecular weight is 477 g/mol. The molecule has 3 N–H and O–H groups in total. The predicted octanol–water partition coefficient (Wildman–Crippen LogP) is 3.59. The van der Waals surface area contributed by atoms with E-state index >= 15 is 0 Å². The van der Waals surface area contributed by atoms with Gasteiger partial charge in [-0.2, -0.15) is 0 Å². The number of carbonyl (C=O) groups is 2. The van der Waals surface area contributed by atoms with Crippen molar-refractivity contribution in [3.05, 3.63) is 53.1 Å². The number of carbonyl (C=O) groups excluding carboxylic acids is 2. The van der Waals surface area contributed by atoms with Crippen LogP contribution in [0.4, 0.5) is 15.9 Å². The molecule has 1 aromatic heterocycles. The van der Waals surface area contributed by atoms with E-state index in [0.717, 1.165) is 0 Å². The second-order valence-corrected chi connectivity index (χ2v) is 7.45. The van der Waals surface area contributed by atoms with Crippen molar-refractivity contribution in [3.8, 4) is 5.75 Å². The fraction of sp³-hybridized carbons (Fsp3) is 0.273. The zero-order valence-corrected chi connectivity index (χ0v) is 18.5. The van der Waals surface area contributed by atoms with Crippen LogP contribution in [-0.4, -0.2) is 47.2 Å². The lowest BCUT2D eigenvalue weighted by molar-refractivity contribution is -0.131. The maximum Gasteiger partial charge on any atom is 0.243 e. The predicted molar refractivity (Wildman–Crippen MR) is 119 cm³/mol. The summed E-state index contributed by atoms with van der Waals surface area (Å²) in [5, 5.41) is 12.3. The highest BCUT2D eigenvalue weighted by Crippen LogP contribution is 2.31. The molecule has 0 radical (unpaired) electrons. The molecule has 0 saturated heterocycles. The summed E-state index contributed by atoms with van der Waals surface area (Å²) in [6, 6.07) is 7.62. The number of Topliss-reactive ketones (excluding diaryl/α,β-unsaturated/α-hetero) is 1. The van der Waals surface area contributed by atoms with Gasteiger partial charge in [0.1, 0.15) is 36.1 Å². The molecule has 2 aromatic carbocycles. The lowest BCUT2D eigenvalue weighted by atomic mass is 10.0. The molecule has 0 unspecified atom stereocenters. The van der Waals surface area contributed by atoms with Crippen LogP contribution in [0, 0.1) is 5.82 Å². The molecule has 33 heavy (non-hydrogen) atoms. The highest BCUT2D eigenvalue weighted by molar-refractivity contribution is 6.31. The molecule has 174 valence electrons. The van der Waals surface area contributed by atoms with Crippen LogP contribution < -0.4 is 15.5 Å². The Morgan fingerprint density at radius 1 is 1.15 bits per heavy atom. The number of rotatable bonds is 11. The second-order valence-electron chi connectivity index (χ2n) is 7.04. The van der Waals surface area contributed by atoms with E-state index in [1.165, 1.54) is 30.0 Å². The minimum absolute atomic E-state index is 0.00628. The molecule has 0 aliphatic rings. The van der Waals surface area contributed by atoms with Crippen LogP contribution in [0.25, 0.3) is 10.9 Å². The van der Waals surface area contributed by atoms with Gasteiger partial charge in [0, 0.05) is 49.1 Å². The van der Waals surface area contributed by atoms with Gasteiger partial charge in [-0.15, -0.1) is 0 Å². The van der Waals surface area contributed by atoms with Gasteiger partial charge in [-0.1, -0.05) is 11.6 Å². The van der Waals surface area contributed by atoms with Gasteiger partial charge >= 0.3 is 0 Å². The summed E-state index contributed by atoms with van der Waals surface area (Å²) < 4.78 is 24.3. The van der Waals surface area contributed by atoms with Crippen LogP contribution in [0.3, 0.4) is 0 Å². The highest BCUT2D eigenvalue weighted by Gasteiger charge is 2.16. The summed E-state index contributed by atoms with van der Waals surface area (Å²) in [6.07, 6.45) is 1.18. The number of hydrogen-bond acceptors (Lipinski definition) is 8. The van der Waals surface area contributed by atoms with Crippen molar-refractivity contribution in [2.45, 2.75) is 19.3 Å². The highest BCUT2D eigenvalue weighted by atomic mass is 35.5. The quantitative estimate of drug-likeness (QED) is 0.218. The maximum absolute atomic E-state index is 13.5. The number of hydroxylamine groups is 1. The van der Waals surface area contributed by atoms with Crippen LogP contribution in [0.2, 0.25) is 5.02 Å². The Labute approximate surface area is 193 Å². The van der Waals surface area contributed by atoms with Crippen LogP contribution in [0.5, 0.6) is 5.75 Å². The Morgan fingerprint density at radius 3 is 2.70 bits per heavy atom. The van der Waals surface area contributed by atoms with Gasteiger partial charge in [0.05, 0.1) is 17.1 Å². The maximum atomic E-state index is 13.5. The van der Waals surface area contributed by atoms with Crippen molar-refractivity contribution in [1.82, 2.24) is 15.4 Å². The summed E-state index contributed by atoms with van der Waals surface area (Å²) >= 11 is 5.87. The van der Waals surface area contributed by atoms with Crippen molar-refractivity contribution in [1.29, 1.82) is 0 Å². The number of anilines is 2. The molecule has 3 aromatic rings. The molecule has 9 nitrogen and oxygen atoms in total. The third-order valence-electron chi connectivity index (χ3n) is 4.69. The number of nitrogens with zero attached hydrogens (tertiary/aromatic N) is 2. The Morgan fingerprint density at radius 2 is 1.97 bits per heavy atom. The number of ether oxygens (including phenoxy) is 2. The smallest absolute Gasteiger partial charge is 0.243 e. The Hall–Kier alpha value is -3.34. The zero-order chi connectivity index (χ0) is 23.8. The topological polar surface area (TPSA) is 123 Å². The summed E-state index contributed by atoms with van der Waals surface area (Å²) in [5.74, 6) is -0.515. The molecule has 3 rings (SSSR count). The average Bonchev–Trinajstić information content (AvgIpc) is 2.80. The van der Waals surface area contributed by atoms with E-state index in [-0.39, 0.29) is 36.7 Å². The first-order valence-electron chi connectivity index (χ1n) is 9.97. The number of fused-ring (bicyclic) bond motifs is 1. The molecular weight excluding hydrogens is 455 g/mol. The normalized spacial score (nSPS) is 10.8. The standard InChI is InChI=1S/C22H22ClFN4O5/c1-32-6-7-33-20-11-19-16(9-13(20)8-15(29)3-5-21(30)28-31)22(26-12-25-19)27-14-2-4-18(24)17(23)10-14/h2,4,9-12,31H,3,5-8H2,1H3,(H,28,30)(H,25,26,27). The number of ketones is 1. The Kier molecular flexibility index (Phi) is 8.47. The van der Waals surface area contributed by atoms with Gasteiger partial charge in [-0.3, -0.25) is 14.8 Å². The molecule has 0 fully saturated rings. The lowest BCUT2D eigenvalue weighted by Gasteiger charge is -2.14. The first-order valence-corrected chi connectivity index (χ1v) is 10.3. The van der Waals surface area contributed by atoms with Crippen molar-refractivity contribution >= 4 is 45.7 Å². The minimum atomic E-state index is -0.642. The number of amides is 1. The van der Waals surface area contributed by atoms with Crippen molar-refractivity contribution in [3.63, 3.8) is 0 Å². The fourth-order valence-electron chi connectivity index (χ4n) is 3.06. The van der Waals surface area contributed by atoms with Gasteiger partial charge in [-0.05, 0) is 24.3 Å². The van der Waals surface area contributed by atoms with E-state index in [1.54, 1.807) is 19.2 Å². The summed E-state index contributed by atoms with van der Waals surface area (Å²) in [7, 11) is 1.55. The first-order chi connectivity index (χ1) is 15.9. The lowest BCUT2D eigenvalue weighted by Crippen LogP contribution is -2.19. The van der Waals surface area contributed by atoms with E-state index in [0.29, 0.717) is 40.3 Å². The number of methoxy groups -OCH3 is 1. The molecule has 11 heteroatoms. The van der Waals surface area contributed by atoms with E-state index in [9.17, 15) is 14.0 Å². The van der Waals surface area contributed by atoms with Crippen LogP contribution in [-0.2, 0) is 20.7 Å². The molecule has 0 aliphatic heterocycles. The molecule has 0 aliphatic carbocycles. The molecular formula is C22H22ClFN4O5. The van der Waals surface area contributed by atoms with Crippen LogP contribution >= 0.6 is 11.6 Å². The minimum Gasteiger partial charge on any atom is -0.491 e. The number of halogens is 2. The van der Waals surface area contributed by atoms with Crippen molar-refractivity contribution in [2.24, 2.45) is 0 Å². The largest absolute Gasteiger partial charge is 0.491 e. The number of nitrogens with one attached hydrogen (secondary N) is 2. The first kappa shape index (κ1) is 24.3.